The lowest BCUT2D eigenvalue weighted by Gasteiger charge is -2.12. The molecule has 1 aromatic heterocycles. The molecule has 0 amide bonds. The maximum Gasteiger partial charge on any atom is 0.0702 e. The predicted molar refractivity (Wildman–Crippen MR) is 73.0 cm³/mol. The minimum absolute atomic E-state index is 0.646. The number of nitrogens with zero attached hydrogens (tertiary/aromatic N) is 1. The van der Waals surface area contributed by atoms with Gasteiger partial charge in [-0.3, -0.25) is 4.98 Å². The first-order chi connectivity index (χ1) is 8.35. The average Bonchev–Trinajstić information content (AvgIpc) is 2.42. The van der Waals surface area contributed by atoms with Crippen molar-refractivity contribution in [2.24, 2.45) is 0 Å². The third-order valence-electron chi connectivity index (χ3n) is 3.31. The van der Waals surface area contributed by atoms with E-state index >= 15 is 0 Å². The van der Waals surface area contributed by atoms with Crippen LogP contribution in [0.4, 0.5) is 0 Å². The van der Waals surface area contributed by atoms with E-state index < -0.39 is 0 Å². The zero-order chi connectivity index (χ0) is 12.1. The Labute approximate surface area is 104 Å². The Bertz CT molecular complexity index is 441. The summed E-state index contributed by atoms with van der Waals surface area (Å²) in [4.78, 5) is 4.57. The van der Waals surface area contributed by atoms with Crippen molar-refractivity contribution in [2.75, 3.05) is 0 Å². The van der Waals surface area contributed by atoms with Gasteiger partial charge in [0.1, 0.15) is 0 Å². The van der Waals surface area contributed by atoms with Gasteiger partial charge in [0.2, 0.25) is 0 Å². The quantitative estimate of drug-likeness (QED) is 0.738. The van der Waals surface area contributed by atoms with Crippen molar-refractivity contribution in [1.82, 2.24) is 4.98 Å². The summed E-state index contributed by atoms with van der Waals surface area (Å²) in [5, 5.41) is 0. The molecule has 17 heavy (non-hydrogen) atoms. The van der Waals surface area contributed by atoms with Crippen molar-refractivity contribution in [2.45, 2.75) is 32.6 Å². The molecule has 0 atom stereocenters. The first kappa shape index (κ1) is 11.8. The molecule has 0 spiro atoms. The molecule has 88 valence electrons. The second kappa shape index (κ2) is 5.62. The van der Waals surface area contributed by atoms with E-state index in [9.17, 15) is 0 Å². The molecule has 1 nitrogen and oxygen atoms in total. The van der Waals surface area contributed by atoms with Crippen LogP contribution >= 0.6 is 0 Å². The summed E-state index contributed by atoms with van der Waals surface area (Å²) in [5.74, 6) is 0.646. The molecule has 0 saturated carbocycles. The lowest BCUT2D eigenvalue weighted by molar-refractivity contribution is 0.639. The summed E-state index contributed by atoms with van der Waals surface area (Å²) in [6.07, 6.45) is 4.39. The Balaban J connectivity index is 2.24. The lowest BCUT2D eigenvalue weighted by Crippen LogP contribution is -1.96. The fourth-order valence-corrected chi connectivity index (χ4v) is 2.19. The van der Waals surface area contributed by atoms with Crippen LogP contribution in [0, 0.1) is 0 Å². The van der Waals surface area contributed by atoms with Crippen LogP contribution in [0.1, 0.15) is 38.2 Å². The predicted octanol–water partition coefficient (Wildman–Crippen LogP) is 4.65. The number of hydrogen-bond acceptors (Lipinski definition) is 1. The van der Waals surface area contributed by atoms with Crippen LogP contribution in [0.5, 0.6) is 0 Å². The molecule has 0 aliphatic rings. The normalized spacial score (nSPS) is 10.8. The second-order valence-corrected chi connectivity index (χ2v) is 4.36. The topological polar surface area (TPSA) is 12.9 Å². The van der Waals surface area contributed by atoms with Gasteiger partial charge in [0.25, 0.3) is 0 Å². The number of aromatic nitrogens is 1. The van der Waals surface area contributed by atoms with E-state index in [0.717, 1.165) is 5.69 Å². The van der Waals surface area contributed by atoms with Gasteiger partial charge >= 0.3 is 0 Å². The van der Waals surface area contributed by atoms with Crippen LogP contribution in [-0.4, -0.2) is 4.98 Å². The smallest absolute Gasteiger partial charge is 0.0702 e. The molecule has 2 aromatic rings. The molecule has 0 N–H and O–H groups in total. The Kier molecular flexibility index (Phi) is 3.92. The summed E-state index contributed by atoms with van der Waals surface area (Å²) < 4.78 is 0. The molecule has 0 bridgehead atoms. The zero-order valence-corrected chi connectivity index (χ0v) is 10.6. The molecular weight excluding hydrogens is 206 g/mol. The highest BCUT2D eigenvalue weighted by Gasteiger charge is 2.07. The summed E-state index contributed by atoms with van der Waals surface area (Å²) in [5.41, 5.74) is 3.60. The van der Waals surface area contributed by atoms with Gasteiger partial charge in [-0.15, -0.1) is 0 Å². The molecule has 0 saturated heterocycles. The van der Waals surface area contributed by atoms with Gasteiger partial charge in [-0.25, -0.2) is 0 Å². The molecule has 1 aromatic carbocycles. The lowest BCUT2D eigenvalue weighted by atomic mass is 9.95. The standard InChI is InChI=1S/C16H19N/c1-3-13(4-2)15-10-11-16(17-12-15)14-8-6-5-7-9-14/h5-13H,3-4H2,1-2H3. The monoisotopic (exact) mass is 225 g/mol. The van der Waals surface area contributed by atoms with Crippen molar-refractivity contribution >= 4 is 0 Å². The van der Waals surface area contributed by atoms with Gasteiger partial charge in [-0.05, 0) is 30.4 Å². The van der Waals surface area contributed by atoms with Gasteiger partial charge in [0.05, 0.1) is 5.69 Å². The van der Waals surface area contributed by atoms with Crippen molar-refractivity contribution in [1.29, 1.82) is 0 Å². The molecule has 0 fully saturated rings. The van der Waals surface area contributed by atoms with Crippen LogP contribution < -0.4 is 0 Å². The van der Waals surface area contributed by atoms with Crippen LogP contribution in [0.2, 0.25) is 0 Å². The molecule has 0 radical (unpaired) electrons. The van der Waals surface area contributed by atoms with E-state index in [1.54, 1.807) is 0 Å². The molecule has 0 unspecified atom stereocenters. The highest BCUT2D eigenvalue weighted by molar-refractivity contribution is 5.58. The fourth-order valence-electron chi connectivity index (χ4n) is 2.19. The minimum Gasteiger partial charge on any atom is -0.256 e. The van der Waals surface area contributed by atoms with Gasteiger partial charge < -0.3 is 0 Å². The second-order valence-electron chi connectivity index (χ2n) is 4.36. The highest BCUT2D eigenvalue weighted by Crippen LogP contribution is 2.24. The van der Waals surface area contributed by atoms with Crippen LogP contribution in [0.15, 0.2) is 48.7 Å². The fraction of sp³-hybridized carbons (Fsp3) is 0.312. The van der Waals surface area contributed by atoms with E-state index in [-0.39, 0.29) is 0 Å². The van der Waals surface area contributed by atoms with Crippen molar-refractivity contribution in [3.05, 3.63) is 54.2 Å². The zero-order valence-electron chi connectivity index (χ0n) is 10.6. The summed E-state index contributed by atoms with van der Waals surface area (Å²) in [7, 11) is 0. The largest absolute Gasteiger partial charge is 0.256 e. The molecule has 1 heterocycles. The molecular formula is C16H19N. The van der Waals surface area contributed by atoms with E-state index in [1.165, 1.54) is 24.0 Å². The SMILES string of the molecule is CCC(CC)c1ccc(-c2ccccc2)nc1. The summed E-state index contributed by atoms with van der Waals surface area (Å²) in [6, 6.07) is 14.7. The molecule has 2 rings (SSSR count). The van der Waals surface area contributed by atoms with Crippen LogP contribution in [0.25, 0.3) is 11.3 Å². The molecule has 0 aliphatic carbocycles. The average molecular weight is 225 g/mol. The van der Waals surface area contributed by atoms with Crippen molar-refractivity contribution in [3.63, 3.8) is 0 Å². The Morgan fingerprint density at radius 3 is 2.18 bits per heavy atom. The van der Waals surface area contributed by atoms with E-state index in [1.807, 2.05) is 24.4 Å². The number of hydrogen-bond donors (Lipinski definition) is 0. The van der Waals surface area contributed by atoms with Crippen LogP contribution in [-0.2, 0) is 0 Å². The van der Waals surface area contributed by atoms with Crippen molar-refractivity contribution in [3.8, 4) is 11.3 Å². The Morgan fingerprint density at radius 2 is 1.65 bits per heavy atom. The van der Waals surface area contributed by atoms with E-state index in [2.05, 4.69) is 43.1 Å². The Hall–Kier alpha value is -1.63. The highest BCUT2D eigenvalue weighted by atomic mass is 14.7. The van der Waals surface area contributed by atoms with Gasteiger partial charge in [-0.2, -0.15) is 0 Å². The minimum atomic E-state index is 0.646. The van der Waals surface area contributed by atoms with Gasteiger partial charge in [-0.1, -0.05) is 50.2 Å². The van der Waals surface area contributed by atoms with Gasteiger partial charge in [0.15, 0.2) is 0 Å². The van der Waals surface area contributed by atoms with Gasteiger partial charge in [0, 0.05) is 11.8 Å². The third kappa shape index (κ3) is 2.73. The maximum atomic E-state index is 4.57. The van der Waals surface area contributed by atoms with E-state index in [4.69, 9.17) is 0 Å². The molecule has 1 heteroatoms. The summed E-state index contributed by atoms with van der Waals surface area (Å²) >= 11 is 0. The van der Waals surface area contributed by atoms with Crippen molar-refractivity contribution < 1.29 is 0 Å². The third-order valence-corrected chi connectivity index (χ3v) is 3.31. The number of rotatable bonds is 4. The summed E-state index contributed by atoms with van der Waals surface area (Å²) in [6.45, 7) is 4.47. The first-order valence-corrected chi connectivity index (χ1v) is 6.36. The molecule has 0 aliphatic heterocycles. The maximum absolute atomic E-state index is 4.57. The number of benzene rings is 1. The van der Waals surface area contributed by atoms with Crippen LogP contribution in [0.3, 0.4) is 0 Å². The first-order valence-electron chi connectivity index (χ1n) is 6.36. The Morgan fingerprint density at radius 1 is 0.941 bits per heavy atom. The van der Waals surface area contributed by atoms with E-state index in [0.29, 0.717) is 5.92 Å². The number of pyridine rings is 1.